The minimum absolute atomic E-state index is 0.413. The van der Waals surface area contributed by atoms with Gasteiger partial charge in [0.2, 0.25) is 0 Å². The molecule has 78 valence electrons. The summed E-state index contributed by atoms with van der Waals surface area (Å²) >= 11 is 0. The van der Waals surface area contributed by atoms with Crippen LogP contribution in [0.3, 0.4) is 0 Å². The molecule has 2 aromatic rings. The van der Waals surface area contributed by atoms with E-state index in [-0.39, 0.29) is 0 Å². The summed E-state index contributed by atoms with van der Waals surface area (Å²) in [5.74, 6) is 0.956. The van der Waals surface area contributed by atoms with Crippen LogP contribution in [-0.4, -0.2) is 28.0 Å². The van der Waals surface area contributed by atoms with Crippen LogP contribution in [0.1, 0.15) is 13.8 Å². The van der Waals surface area contributed by atoms with Gasteiger partial charge in [0.1, 0.15) is 12.1 Å². The summed E-state index contributed by atoms with van der Waals surface area (Å²) in [5, 5.41) is 1.05. The molecule has 0 atom stereocenters. The monoisotopic (exact) mass is 202 g/mol. The molecule has 0 saturated heterocycles. The molecule has 2 heterocycles. The largest absolute Gasteiger partial charge is 0.357 e. The summed E-state index contributed by atoms with van der Waals surface area (Å²) < 4.78 is 0. The lowest BCUT2D eigenvalue weighted by Crippen LogP contribution is -2.26. The molecule has 0 bridgehead atoms. The van der Waals surface area contributed by atoms with Crippen molar-refractivity contribution in [2.75, 3.05) is 11.9 Å². The van der Waals surface area contributed by atoms with E-state index in [0.29, 0.717) is 6.04 Å². The van der Waals surface area contributed by atoms with Crippen molar-refractivity contribution >= 4 is 16.7 Å². The molecule has 0 saturated carbocycles. The second kappa shape index (κ2) is 3.81. The maximum atomic E-state index is 4.32. The molecule has 2 rings (SSSR count). The topological polar surface area (TPSA) is 41.9 Å². The number of pyridine rings is 1. The van der Waals surface area contributed by atoms with Crippen molar-refractivity contribution in [1.82, 2.24) is 15.0 Å². The number of anilines is 1. The van der Waals surface area contributed by atoms with Gasteiger partial charge in [-0.05, 0) is 19.9 Å². The Morgan fingerprint density at radius 3 is 2.80 bits per heavy atom. The number of hydrogen-bond donors (Lipinski definition) is 0. The van der Waals surface area contributed by atoms with Crippen LogP contribution >= 0.6 is 0 Å². The lowest BCUT2D eigenvalue weighted by molar-refractivity contribution is 0.745. The van der Waals surface area contributed by atoms with Crippen molar-refractivity contribution in [1.29, 1.82) is 0 Å². The first kappa shape index (κ1) is 9.83. The van der Waals surface area contributed by atoms with Crippen LogP contribution in [0.4, 0.5) is 5.82 Å². The van der Waals surface area contributed by atoms with Gasteiger partial charge in [-0.25, -0.2) is 9.97 Å². The van der Waals surface area contributed by atoms with Crippen molar-refractivity contribution in [2.24, 2.45) is 0 Å². The maximum absolute atomic E-state index is 4.32. The van der Waals surface area contributed by atoms with Crippen molar-refractivity contribution in [2.45, 2.75) is 19.9 Å². The van der Waals surface area contributed by atoms with Gasteiger partial charge >= 0.3 is 0 Å². The predicted molar refractivity (Wildman–Crippen MR) is 60.9 cm³/mol. The fraction of sp³-hybridized carbons (Fsp3) is 0.364. The van der Waals surface area contributed by atoms with Crippen molar-refractivity contribution < 1.29 is 0 Å². The molecule has 2 aromatic heterocycles. The maximum Gasteiger partial charge on any atom is 0.139 e. The quantitative estimate of drug-likeness (QED) is 0.745. The summed E-state index contributed by atoms with van der Waals surface area (Å²) in [6.45, 7) is 4.27. The zero-order valence-electron chi connectivity index (χ0n) is 9.18. The van der Waals surface area contributed by atoms with Crippen molar-refractivity contribution in [3.63, 3.8) is 0 Å². The summed E-state index contributed by atoms with van der Waals surface area (Å²) in [6.07, 6.45) is 5.11. The summed E-state index contributed by atoms with van der Waals surface area (Å²) in [4.78, 5) is 14.7. The van der Waals surface area contributed by atoms with Crippen LogP contribution in [0.5, 0.6) is 0 Å². The van der Waals surface area contributed by atoms with Gasteiger partial charge < -0.3 is 4.90 Å². The second-order valence-electron chi connectivity index (χ2n) is 3.79. The fourth-order valence-electron chi connectivity index (χ4n) is 1.42. The Balaban J connectivity index is 2.60. The molecule has 0 aliphatic rings. The molecule has 0 aromatic carbocycles. The van der Waals surface area contributed by atoms with Gasteiger partial charge in [-0.15, -0.1) is 0 Å². The molecule has 0 amide bonds. The molecular weight excluding hydrogens is 188 g/mol. The van der Waals surface area contributed by atoms with Crippen LogP contribution in [0.25, 0.3) is 10.9 Å². The van der Waals surface area contributed by atoms with E-state index in [2.05, 4.69) is 33.7 Å². The highest BCUT2D eigenvalue weighted by atomic mass is 15.2. The van der Waals surface area contributed by atoms with Crippen molar-refractivity contribution in [3.05, 3.63) is 24.8 Å². The standard InChI is InChI=1S/C11H14N4/c1-8(2)15(3)11-9-4-5-12-6-10(9)13-7-14-11/h4-8H,1-3H3. The minimum atomic E-state index is 0.413. The summed E-state index contributed by atoms with van der Waals surface area (Å²) in [5.41, 5.74) is 0.884. The van der Waals surface area contributed by atoms with E-state index >= 15 is 0 Å². The van der Waals surface area contributed by atoms with Crippen LogP contribution in [0, 0.1) is 0 Å². The Labute approximate surface area is 89.0 Å². The van der Waals surface area contributed by atoms with Gasteiger partial charge in [-0.1, -0.05) is 0 Å². The van der Waals surface area contributed by atoms with E-state index in [4.69, 9.17) is 0 Å². The SMILES string of the molecule is CC(C)N(C)c1ncnc2cnccc12. The van der Waals surface area contributed by atoms with Crippen molar-refractivity contribution in [3.8, 4) is 0 Å². The first-order valence-electron chi connectivity index (χ1n) is 4.97. The third-order valence-corrected chi connectivity index (χ3v) is 2.53. The number of nitrogens with zero attached hydrogens (tertiary/aromatic N) is 4. The third kappa shape index (κ3) is 1.75. The molecule has 4 nitrogen and oxygen atoms in total. The van der Waals surface area contributed by atoms with E-state index in [1.165, 1.54) is 0 Å². The van der Waals surface area contributed by atoms with Crippen LogP contribution in [-0.2, 0) is 0 Å². The molecule has 0 fully saturated rings. The average Bonchev–Trinajstić information content (AvgIpc) is 2.27. The van der Waals surface area contributed by atoms with Gasteiger partial charge in [0, 0.05) is 24.7 Å². The smallest absolute Gasteiger partial charge is 0.139 e. The number of fused-ring (bicyclic) bond motifs is 1. The van der Waals surface area contributed by atoms with Crippen LogP contribution in [0.15, 0.2) is 24.8 Å². The van der Waals surface area contributed by atoms with E-state index in [1.807, 2.05) is 13.1 Å². The molecule has 0 aliphatic heterocycles. The molecule has 0 aliphatic carbocycles. The molecule has 4 heteroatoms. The third-order valence-electron chi connectivity index (χ3n) is 2.53. The zero-order chi connectivity index (χ0) is 10.8. The lowest BCUT2D eigenvalue weighted by atomic mass is 10.2. The Bertz CT molecular complexity index is 462. The fourth-order valence-corrected chi connectivity index (χ4v) is 1.42. The second-order valence-corrected chi connectivity index (χ2v) is 3.79. The molecule has 0 spiro atoms. The predicted octanol–water partition coefficient (Wildman–Crippen LogP) is 1.87. The Hall–Kier alpha value is -1.71. The first-order valence-corrected chi connectivity index (χ1v) is 4.97. The normalized spacial score (nSPS) is 10.9. The number of hydrogen-bond acceptors (Lipinski definition) is 4. The van der Waals surface area contributed by atoms with E-state index < -0.39 is 0 Å². The van der Waals surface area contributed by atoms with Gasteiger partial charge in [-0.3, -0.25) is 4.98 Å². The molecule has 0 radical (unpaired) electrons. The van der Waals surface area contributed by atoms with E-state index in [0.717, 1.165) is 16.7 Å². The Morgan fingerprint density at radius 2 is 2.07 bits per heavy atom. The Kier molecular flexibility index (Phi) is 2.49. The van der Waals surface area contributed by atoms with Gasteiger partial charge in [0.05, 0.1) is 11.7 Å². The van der Waals surface area contributed by atoms with E-state index in [1.54, 1.807) is 18.7 Å². The Morgan fingerprint density at radius 1 is 1.27 bits per heavy atom. The summed E-state index contributed by atoms with van der Waals surface area (Å²) in [7, 11) is 2.03. The highest BCUT2D eigenvalue weighted by Crippen LogP contribution is 2.21. The average molecular weight is 202 g/mol. The lowest BCUT2D eigenvalue weighted by Gasteiger charge is -2.23. The summed E-state index contributed by atoms with van der Waals surface area (Å²) in [6, 6.07) is 2.36. The van der Waals surface area contributed by atoms with Gasteiger partial charge in [-0.2, -0.15) is 0 Å². The molecular formula is C11H14N4. The van der Waals surface area contributed by atoms with E-state index in [9.17, 15) is 0 Å². The van der Waals surface area contributed by atoms with Crippen LogP contribution < -0.4 is 4.90 Å². The molecule has 15 heavy (non-hydrogen) atoms. The highest BCUT2D eigenvalue weighted by Gasteiger charge is 2.10. The number of rotatable bonds is 2. The first-order chi connectivity index (χ1) is 7.20. The molecule has 0 N–H and O–H groups in total. The van der Waals surface area contributed by atoms with Gasteiger partial charge in [0.25, 0.3) is 0 Å². The zero-order valence-corrected chi connectivity index (χ0v) is 9.18. The minimum Gasteiger partial charge on any atom is -0.357 e. The number of aromatic nitrogens is 3. The highest BCUT2D eigenvalue weighted by molar-refractivity contribution is 5.88. The van der Waals surface area contributed by atoms with Crippen LogP contribution in [0.2, 0.25) is 0 Å². The van der Waals surface area contributed by atoms with Gasteiger partial charge in [0.15, 0.2) is 0 Å². The molecule has 0 unspecified atom stereocenters.